The molecule has 0 heterocycles. The largest absolute Gasteiger partial charge is 0.330 e. The molecule has 0 aliphatic rings. The first-order chi connectivity index (χ1) is 11.2. The molecule has 0 saturated heterocycles. The Morgan fingerprint density at radius 1 is 0.522 bits per heavy atom. The third kappa shape index (κ3) is 18.4. The number of nitrogens with zero attached hydrogens (tertiary/aromatic N) is 1. The second-order valence-electron chi connectivity index (χ2n) is 7.68. The zero-order valence-electron chi connectivity index (χ0n) is 17.0. The lowest BCUT2D eigenvalue weighted by atomic mass is 10.0. The molecule has 0 aliphatic heterocycles. The van der Waals surface area contributed by atoms with Crippen molar-refractivity contribution < 1.29 is 0 Å². The number of hydrogen-bond acceptors (Lipinski definition) is 1. The Morgan fingerprint density at radius 3 is 1.13 bits per heavy atom. The summed E-state index contributed by atoms with van der Waals surface area (Å²) in [6.45, 7) is 4.74. The first kappa shape index (κ1) is 23.2. The Balaban J connectivity index is 3.03. The van der Waals surface area contributed by atoms with Crippen LogP contribution in [0.3, 0.4) is 0 Å². The van der Waals surface area contributed by atoms with Crippen LogP contribution in [-0.2, 0) is 0 Å². The van der Waals surface area contributed by atoms with Crippen molar-refractivity contribution in [2.24, 2.45) is 0 Å². The molecular weight excluding hydrogens is 294 g/mol. The van der Waals surface area contributed by atoms with E-state index in [1.165, 1.54) is 109 Å². The minimum atomic E-state index is -0.192. The lowest BCUT2D eigenvalue weighted by Gasteiger charge is -2.16. The highest BCUT2D eigenvalue weighted by Gasteiger charge is 2.06. The highest BCUT2D eigenvalue weighted by Crippen LogP contribution is 2.14. The summed E-state index contributed by atoms with van der Waals surface area (Å²) in [6, 6.07) is 1.47. The van der Waals surface area contributed by atoms with Crippen LogP contribution in [0.2, 0.25) is 12.6 Å². The molecule has 0 atom stereocenters. The lowest BCUT2D eigenvalue weighted by molar-refractivity contribution is 0.530. The summed E-state index contributed by atoms with van der Waals surface area (Å²) in [7, 11) is 4.28. The van der Waals surface area contributed by atoms with Gasteiger partial charge in [0.15, 0.2) is 0 Å². The van der Waals surface area contributed by atoms with E-state index in [0.717, 1.165) is 0 Å². The van der Waals surface area contributed by atoms with E-state index < -0.39 is 0 Å². The number of hydrogen-bond donors (Lipinski definition) is 0. The zero-order chi connectivity index (χ0) is 17.2. The molecule has 139 valence electrons. The van der Waals surface area contributed by atoms with Crippen LogP contribution < -0.4 is 0 Å². The summed E-state index contributed by atoms with van der Waals surface area (Å²) in [5.41, 5.74) is 0. The third-order valence-corrected chi connectivity index (χ3v) is 7.76. The summed E-state index contributed by atoms with van der Waals surface area (Å²) < 4.78 is 2.44. The molecule has 0 aliphatic carbocycles. The van der Waals surface area contributed by atoms with Crippen molar-refractivity contribution in [2.75, 3.05) is 14.1 Å². The molecule has 0 bridgehead atoms. The van der Waals surface area contributed by atoms with Gasteiger partial charge in [-0.05, 0) is 20.1 Å². The van der Waals surface area contributed by atoms with Crippen LogP contribution in [0.15, 0.2) is 0 Å². The molecule has 0 aromatic carbocycles. The van der Waals surface area contributed by atoms with Gasteiger partial charge >= 0.3 is 0 Å². The van der Waals surface area contributed by atoms with Crippen molar-refractivity contribution in [2.45, 2.75) is 122 Å². The van der Waals surface area contributed by atoms with E-state index in [-0.39, 0.29) is 8.96 Å². The molecule has 0 rings (SSSR count). The van der Waals surface area contributed by atoms with Crippen molar-refractivity contribution in [1.29, 1.82) is 0 Å². The third-order valence-electron chi connectivity index (χ3n) is 5.16. The standard InChI is InChI=1S/C21H46NSi/c1-5-6-7-8-9-10-11-12-13-14-15-16-17-18-19-20-21-23(4)22(2)3/h5-21H2,1-4H3. The van der Waals surface area contributed by atoms with E-state index in [1.54, 1.807) is 0 Å². The van der Waals surface area contributed by atoms with E-state index in [0.29, 0.717) is 0 Å². The van der Waals surface area contributed by atoms with Gasteiger partial charge in [-0.2, -0.15) is 0 Å². The second-order valence-corrected chi connectivity index (χ2v) is 10.5. The van der Waals surface area contributed by atoms with Crippen molar-refractivity contribution in [3.8, 4) is 0 Å². The molecular formula is C21H46NSi. The van der Waals surface area contributed by atoms with Gasteiger partial charge in [-0.25, -0.2) is 0 Å². The van der Waals surface area contributed by atoms with Crippen molar-refractivity contribution >= 4 is 8.96 Å². The topological polar surface area (TPSA) is 3.24 Å². The molecule has 0 fully saturated rings. The Hall–Kier alpha value is 0.177. The fraction of sp³-hybridized carbons (Fsp3) is 1.00. The van der Waals surface area contributed by atoms with Gasteiger partial charge in [-0.1, -0.05) is 116 Å². The van der Waals surface area contributed by atoms with Crippen LogP contribution in [0, 0.1) is 0 Å². The molecule has 0 N–H and O–H groups in total. The first-order valence-electron chi connectivity index (χ1n) is 10.7. The van der Waals surface area contributed by atoms with E-state index in [4.69, 9.17) is 0 Å². The fourth-order valence-electron chi connectivity index (χ4n) is 3.15. The van der Waals surface area contributed by atoms with Gasteiger partial charge in [-0.15, -0.1) is 0 Å². The Kier molecular flexibility index (Phi) is 18.7. The van der Waals surface area contributed by atoms with Crippen molar-refractivity contribution in [3.05, 3.63) is 0 Å². The summed E-state index contributed by atoms with van der Waals surface area (Å²) in [5, 5.41) is 0. The van der Waals surface area contributed by atoms with Gasteiger partial charge in [0.1, 0.15) is 8.96 Å². The Morgan fingerprint density at radius 2 is 0.826 bits per heavy atom. The van der Waals surface area contributed by atoms with E-state index in [2.05, 4.69) is 32.1 Å². The monoisotopic (exact) mass is 340 g/mol. The summed E-state index contributed by atoms with van der Waals surface area (Å²) >= 11 is 0. The summed E-state index contributed by atoms with van der Waals surface area (Å²) in [5.74, 6) is 0. The van der Waals surface area contributed by atoms with Crippen LogP contribution in [0.25, 0.3) is 0 Å². The van der Waals surface area contributed by atoms with Gasteiger partial charge in [0.2, 0.25) is 0 Å². The predicted octanol–water partition coefficient (Wildman–Crippen LogP) is 7.43. The normalized spacial score (nSPS) is 11.7. The lowest BCUT2D eigenvalue weighted by Crippen LogP contribution is -2.28. The van der Waals surface area contributed by atoms with Gasteiger partial charge < -0.3 is 4.57 Å². The smallest absolute Gasteiger partial charge is 0.132 e. The fourth-order valence-corrected chi connectivity index (χ4v) is 4.36. The average molecular weight is 341 g/mol. The summed E-state index contributed by atoms with van der Waals surface area (Å²) in [6.07, 6.45) is 23.5. The molecule has 1 radical (unpaired) electrons. The molecule has 0 unspecified atom stereocenters. The molecule has 0 aromatic rings. The number of rotatable bonds is 18. The maximum atomic E-state index is 2.44. The SMILES string of the molecule is CCCCCCCCCCCCCCCCCC[Si](C)N(C)C. The van der Waals surface area contributed by atoms with Crippen LogP contribution >= 0.6 is 0 Å². The molecule has 23 heavy (non-hydrogen) atoms. The molecule has 0 aromatic heterocycles. The quantitative estimate of drug-likeness (QED) is 0.185. The van der Waals surface area contributed by atoms with Crippen molar-refractivity contribution in [3.63, 3.8) is 0 Å². The minimum Gasteiger partial charge on any atom is -0.330 e. The molecule has 1 nitrogen and oxygen atoms in total. The van der Waals surface area contributed by atoms with Crippen molar-refractivity contribution in [1.82, 2.24) is 4.57 Å². The van der Waals surface area contributed by atoms with Gasteiger partial charge in [0.05, 0.1) is 0 Å². The number of unbranched alkanes of at least 4 members (excludes halogenated alkanes) is 15. The maximum Gasteiger partial charge on any atom is 0.132 e. The maximum absolute atomic E-state index is 2.44. The van der Waals surface area contributed by atoms with E-state index in [1.807, 2.05) is 0 Å². The highest BCUT2D eigenvalue weighted by molar-refractivity contribution is 6.54. The van der Waals surface area contributed by atoms with Gasteiger partial charge in [0, 0.05) is 0 Å². The first-order valence-corrected chi connectivity index (χ1v) is 12.8. The average Bonchev–Trinajstić information content (AvgIpc) is 2.54. The Labute approximate surface area is 150 Å². The van der Waals surface area contributed by atoms with E-state index >= 15 is 0 Å². The molecule has 0 spiro atoms. The van der Waals surface area contributed by atoms with Gasteiger partial charge in [-0.3, -0.25) is 0 Å². The van der Waals surface area contributed by atoms with Crippen LogP contribution in [0.1, 0.15) is 110 Å². The highest BCUT2D eigenvalue weighted by atomic mass is 28.3. The summed E-state index contributed by atoms with van der Waals surface area (Å²) in [4.78, 5) is 0. The van der Waals surface area contributed by atoms with Crippen LogP contribution in [-0.4, -0.2) is 27.6 Å². The Bertz CT molecular complexity index is 218. The molecule has 2 heteroatoms. The predicted molar refractivity (Wildman–Crippen MR) is 110 cm³/mol. The minimum absolute atomic E-state index is 0.192. The second kappa shape index (κ2) is 18.5. The molecule has 0 saturated carbocycles. The van der Waals surface area contributed by atoms with Crippen LogP contribution in [0.4, 0.5) is 0 Å². The van der Waals surface area contributed by atoms with Gasteiger partial charge in [0.25, 0.3) is 0 Å². The van der Waals surface area contributed by atoms with E-state index in [9.17, 15) is 0 Å². The van der Waals surface area contributed by atoms with Crippen LogP contribution in [0.5, 0.6) is 0 Å². The molecule has 0 amide bonds. The zero-order valence-corrected chi connectivity index (χ0v) is 18.0.